The van der Waals surface area contributed by atoms with Crippen LogP contribution in [0.1, 0.15) is 41.0 Å². The molecule has 1 saturated heterocycles. The van der Waals surface area contributed by atoms with E-state index in [-0.39, 0.29) is 34.4 Å². The van der Waals surface area contributed by atoms with Crippen LogP contribution in [0.5, 0.6) is 5.75 Å². The van der Waals surface area contributed by atoms with E-state index in [1.807, 2.05) is 24.3 Å². The first-order valence-corrected chi connectivity index (χ1v) is 11.4. The number of imide groups is 1. The van der Waals surface area contributed by atoms with Crippen LogP contribution in [0.25, 0.3) is 0 Å². The molecule has 0 N–H and O–H groups in total. The number of ether oxygens (including phenoxy) is 1. The molecule has 5 nitrogen and oxygen atoms in total. The van der Waals surface area contributed by atoms with Crippen molar-refractivity contribution in [2.75, 3.05) is 0 Å². The summed E-state index contributed by atoms with van der Waals surface area (Å²) in [6.45, 7) is 1.54. The minimum Gasteiger partial charge on any atom is -0.423 e. The number of amides is 2. The quantitative estimate of drug-likeness (QED) is 0.329. The van der Waals surface area contributed by atoms with E-state index in [1.165, 1.54) is 6.92 Å². The van der Waals surface area contributed by atoms with E-state index in [1.54, 1.807) is 24.3 Å². The van der Waals surface area contributed by atoms with Crippen LogP contribution in [0.2, 0.25) is 5.02 Å². The number of halogens is 1. The topological polar surface area (TPSA) is 63.7 Å². The molecular weight excluding hydrogens is 438 g/mol. The highest BCUT2D eigenvalue weighted by molar-refractivity contribution is 6.32. The lowest BCUT2D eigenvalue weighted by Crippen LogP contribution is -2.45. The number of rotatable bonds is 3. The van der Waals surface area contributed by atoms with E-state index in [0.717, 1.165) is 27.2 Å². The molecule has 0 unspecified atom stereocenters. The highest BCUT2D eigenvalue weighted by atomic mass is 35.5. The molecule has 1 heterocycles. The van der Waals surface area contributed by atoms with Crippen molar-refractivity contribution in [2.45, 2.75) is 24.8 Å². The van der Waals surface area contributed by atoms with Crippen LogP contribution in [0, 0.1) is 11.8 Å². The van der Waals surface area contributed by atoms with E-state index >= 15 is 0 Å². The predicted octanol–water partition coefficient (Wildman–Crippen LogP) is 4.53. The van der Waals surface area contributed by atoms with Gasteiger partial charge in [0.25, 0.3) is 0 Å². The van der Waals surface area contributed by atoms with Crippen molar-refractivity contribution >= 4 is 29.4 Å². The summed E-state index contributed by atoms with van der Waals surface area (Å²) < 4.78 is 5.45. The Morgan fingerprint density at radius 1 is 0.788 bits per heavy atom. The van der Waals surface area contributed by atoms with Gasteiger partial charge >= 0.3 is 5.97 Å². The molecule has 2 bridgehead atoms. The molecule has 3 aliphatic carbocycles. The first-order valence-electron chi connectivity index (χ1n) is 11.0. The van der Waals surface area contributed by atoms with Gasteiger partial charge in [-0.25, -0.2) is 4.79 Å². The number of hydrogen-bond acceptors (Lipinski definition) is 4. The lowest BCUT2D eigenvalue weighted by atomic mass is 9.55. The van der Waals surface area contributed by atoms with Gasteiger partial charge in [-0.05, 0) is 41.3 Å². The summed E-state index contributed by atoms with van der Waals surface area (Å²) in [6, 6.07) is 21.7. The number of likely N-dealkylation sites (tertiary alicyclic amines) is 1. The van der Waals surface area contributed by atoms with Crippen molar-refractivity contribution < 1.29 is 19.1 Å². The minimum atomic E-state index is -1.06. The predicted molar refractivity (Wildman–Crippen MR) is 122 cm³/mol. The molecule has 1 fully saturated rings. The fraction of sp³-hybridized carbons (Fsp3) is 0.222. The Balaban J connectivity index is 1.39. The van der Waals surface area contributed by atoms with Gasteiger partial charge in [0, 0.05) is 11.8 Å². The molecule has 0 saturated carbocycles. The maximum Gasteiger partial charge on any atom is 0.334 e. The third-order valence-electron chi connectivity index (χ3n) is 7.26. The third-order valence-corrected chi connectivity index (χ3v) is 7.57. The lowest BCUT2D eigenvalue weighted by molar-refractivity contribution is -0.152. The molecule has 3 aromatic rings. The molecule has 164 valence electrons. The summed E-state index contributed by atoms with van der Waals surface area (Å²) in [5.41, 5.74) is 4.38. The summed E-state index contributed by atoms with van der Waals surface area (Å²) >= 11 is 6.11. The second-order valence-electron chi connectivity index (χ2n) is 8.84. The Labute approximate surface area is 195 Å². The Bertz CT molecular complexity index is 1220. The molecule has 4 aliphatic rings. The number of benzene rings is 3. The van der Waals surface area contributed by atoms with E-state index in [2.05, 4.69) is 24.3 Å². The van der Waals surface area contributed by atoms with Gasteiger partial charge in [0.15, 0.2) is 0 Å². The first kappa shape index (κ1) is 20.2. The highest BCUT2D eigenvalue weighted by Crippen LogP contribution is 2.61. The van der Waals surface area contributed by atoms with Gasteiger partial charge < -0.3 is 4.74 Å². The molecule has 2 amide bonds. The molecule has 7 rings (SSSR count). The number of esters is 1. The van der Waals surface area contributed by atoms with Crippen molar-refractivity contribution in [3.05, 3.63) is 100 Å². The average Bonchev–Trinajstić information content (AvgIpc) is 3.10. The second kappa shape index (κ2) is 7.29. The number of carbonyl (C=O) groups is 3. The molecule has 0 aromatic heterocycles. The number of nitrogens with zero attached hydrogens (tertiary/aromatic N) is 1. The van der Waals surface area contributed by atoms with Crippen molar-refractivity contribution in [2.24, 2.45) is 11.8 Å². The zero-order valence-electron chi connectivity index (χ0n) is 17.8. The molecule has 3 aromatic carbocycles. The van der Waals surface area contributed by atoms with Crippen molar-refractivity contribution in [3.8, 4) is 5.75 Å². The van der Waals surface area contributed by atoms with Gasteiger partial charge in [-0.15, -0.1) is 0 Å². The van der Waals surface area contributed by atoms with Crippen LogP contribution in [-0.2, 0) is 14.4 Å². The van der Waals surface area contributed by atoms with Crippen molar-refractivity contribution in [1.29, 1.82) is 0 Å². The SMILES string of the molecule is C[C@@H](C(=O)Oc1ccccc1Cl)N1C(=O)[C@@H]2C3c4ccccc4C(c4ccccc43)[C@@H]2C1=O. The fourth-order valence-electron chi connectivity index (χ4n) is 5.91. The maximum atomic E-state index is 13.7. The molecular formula is C27H20ClNO4. The molecule has 3 atom stereocenters. The van der Waals surface area contributed by atoms with Crippen LogP contribution < -0.4 is 4.74 Å². The molecule has 0 radical (unpaired) electrons. The fourth-order valence-corrected chi connectivity index (χ4v) is 6.08. The second-order valence-corrected chi connectivity index (χ2v) is 9.25. The number of carbonyl (C=O) groups excluding carboxylic acids is 3. The van der Waals surface area contributed by atoms with E-state index in [0.29, 0.717) is 0 Å². The molecule has 0 spiro atoms. The minimum absolute atomic E-state index is 0.201. The Kier molecular flexibility index (Phi) is 4.46. The van der Waals surface area contributed by atoms with Crippen LogP contribution in [-0.4, -0.2) is 28.7 Å². The Morgan fingerprint density at radius 3 is 1.67 bits per heavy atom. The van der Waals surface area contributed by atoms with E-state index < -0.39 is 23.8 Å². The average molecular weight is 458 g/mol. The zero-order chi connectivity index (χ0) is 22.9. The maximum absolute atomic E-state index is 13.7. The smallest absolute Gasteiger partial charge is 0.334 e. The summed E-state index contributed by atoms with van der Waals surface area (Å²) in [4.78, 5) is 41.4. The Hall–Kier alpha value is -3.44. The van der Waals surface area contributed by atoms with E-state index in [4.69, 9.17) is 16.3 Å². The lowest BCUT2D eigenvalue weighted by Gasteiger charge is -2.45. The normalized spacial score (nSPS) is 25.3. The van der Waals surface area contributed by atoms with Gasteiger partial charge in [0.1, 0.15) is 11.8 Å². The molecule has 1 aliphatic heterocycles. The van der Waals surface area contributed by atoms with Crippen LogP contribution in [0.15, 0.2) is 72.8 Å². The van der Waals surface area contributed by atoms with Gasteiger partial charge in [-0.2, -0.15) is 0 Å². The zero-order valence-corrected chi connectivity index (χ0v) is 18.5. The standard InChI is InChI=1S/C27H20ClNO4/c1-14(27(32)33-20-13-7-6-12-19(20)28)29-25(30)23-21-15-8-2-3-9-16(15)22(24(23)26(29)31)18-11-5-4-10-17(18)21/h2-14,21-24H,1H3/t14-,21?,22?,23-,24+/m0/s1. The first-order chi connectivity index (χ1) is 16.0. The van der Waals surface area contributed by atoms with Gasteiger partial charge in [0.05, 0.1) is 16.9 Å². The summed E-state index contributed by atoms with van der Waals surface area (Å²) in [7, 11) is 0. The monoisotopic (exact) mass is 457 g/mol. The largest absolute Gasteiger partial charge is 0.423 e. The summed E-state index contributed by atoms with van der Waals surface area (Å²) in [6.07, 6.45) is 0. The van der Waals surface area contributed by atoms with Crippen molar-refractivity contribution in [3.63, 3.8) is 0 Å². The van der Waals surface area contributed by atoms with Crippen LogP contribution in [0.3, 0.4) is 0 Å². The number of para-hydroxylation sites is 1. The van der Waals surface area contributed by atoms with Gasteiger partial charge in [0.2, 0.25) is 11.8 Å². The van der Waals surface area contributed by atoms with E-state index in [9.17, 15) is 14.4 Å². The Morgan fingerprint density at radius 2 is 1.21 bits per heavy atom. The van der Waals surface area contributed by atoms with Crippen LogP contribution in [0.4, 0.5) is 0 Å². The third kappa shape index (κ3) is 2.75. The molecule has 33 heavy (non-hydrogen) atoms. The van der Waals surface area contributed by atoms with Gasteiger partial charge in [-0.3, -0.25) is 14.5 Å². The van der Waals surface area contributed by atoms with Gasteiger partial charge in [-0.1, -0.05) is 72.3 Å². The van der Waals surface area contributed by atoms with Crippen molar-refractivity contribution in [1.82, 2.24) is 4.90 Å². The molecule has 6 heteroatoms. The van der Waals surface area contributed by atoms with Crippen LogP contribution >= 0.6 is 11.6 Å². The highest BCUT2D eigenvalue weighted by Gasteiger charge is 2.62. The summed E-state index contributed by atoms with van der Waals surface area (Å²) in [5, 5.41) is 0.287. The summed E-state index contributed by atoms with van der Waals surface area (Å²) in [5.74, 6) is -2.58. The number of hydrogen-bond donors (Lipinski definition) is 0.